The molecule has 0 radical (unpaired) electrons. The Bertz CT molecular complexity index is 1180. The van der Waals surface area contributed by atoms with E-state index < -0.39 is 0 Å². The molecule has 4 rings (SSSR count). The van der Waals surface area contributed by atoms with Crippen LogP contribution in [0.4, 0.5) is 0 Å². The Labute approximate surface area is 156 Å². The van der Waals surface area contributed by atoms with Crippen LogP contribution in [0.2, 0.25) is 0 Å². The molecule has 0 spiro atoms. The van der Waals surface area contributed by atoms with Crippen molar-refractivity contribution in [1.29, 1.82) is 0 Å². The van der Waals surface area contributed by atoms with Crippen molar-refractivity contribution >= 4 is 16.7 Å². The summed E-state index contributed by atoms with van der Waals surface area (Å²) in [7, 11) is 0. The van der Waals surface area contributed by atoms with Gasteiger partial charge < -0.3 is 4.57 Å². The monoisotopic (exact) mass is 354 g/mol. The Hall–Kier alpha value is -3.53. The van der Waals surface area contributed by atoms with Gasteiger partial charge in [0.15, 0.2) is 5.43 Å². The normalized spacial score (nSPS) is 10.9. The number of ketones is 1. The first-order chi connectivity index (χ1) is 13.1. The second-order valence-corrected chi connectivity index (χ2v) is 6.52. The number of rotatable bonds is 4. The van der Waals surface area contributed by atoms with Gasteiger partial charge >= 0.3 is 0 Å². The van der Waals surface area contributed by atoms with Gasteiger partial charge in [-0.15, -0.1) is 0 Å². The molecule has 0 fully saturated rings. The second kappa shape index (κ2) is 7.00. The van der Waals surface area contributed by atoms with Gasteiger partial charge in [-0.25, -0.2) is 0 Å². The van der Waals surface area contributed by atoms with Crippen molar-refractivity contribution in [1.82, 2.24) is 9.55 Å². The number of aromatic nitrogens is 2. The van der Waals surface area contributed by atoms with Gasteiger partial charge in [0.1, 0.15) is 5.69 Å². The van der Waals surface area contributed by atoms with Crippen molar-refractivity contribution in [3.8, 4) is 11.1 Å². The maximum atomic E-state index is 13.0. The predicted molar refractivity (Wildman–Crippen MR) is 107 cm³/mol. The van der Waals surface area contributed by atoms with Crippen molar-refractivity contribution in [3.05, 3.63) is 101 Å². The molecule has 4 heteroatoms. The molecule has 0 saturated carbocycles. The quantitative estimate of drug-likeness (QED) is 0.515. The van der Waals surface area contributed by atoms with Gasteiger partial charge in [-0.1, -0.05) is 42.5 Å². The lowest BCUT2D eigenvalue weighted by molar-refractivity contribution is 0.0968. The zero-order valence-corrected chi connectivity index (χ0v) is 14.9. The van der Waals surface area contributed by atoms with Gasteiger partial charge in [0.25, 0.3) is 0 Å². The maximum Gasteiger partial charge on any atom is 0.200 e. The van der Waals surface area contributed by atoms with E-state index in [2.05, 4.69) is 4.98 Å². The van der Waals surface area contributed by atoms with E-state index in [-0.39, 0.29) is 17.8 Å². The van der Waals surface area contributed by atoms with Crippen LogP contribution in [-0.4, -0.2) is 15.3 Å². The Morgan fingerprint density at radius 2 is 1.78 bits per heavy atom. The van der Waals surface area contributed by atoms with Crippen LogP contribution in [0.1, 0.15) is 16.1 Å². The number of aryl methyl sites for hydroxylation is 1. The first kappa shape index (κ1) is 16.9. The van der Waals surface area contributed by atoms with E-state index in [0.717, 1.165) is 16.6 Å². The number of nitrogens with zero attached hydrogens (tertiary/aromatic N) is 2. The van der Waals surface area contributed by atoms with E-state index >= 15 is 0 Å². The minimum Gasteiger partial charge on any atom is -0.339 e. The Morgan fingerprint density at radius 3 is 2.52 bits per heavy atom. The van der Waals surface area contributed by atoms with Crippen molar-refractivity contribution in [2.45, 2.75) is 13.5 Å². The topological polar surface area (TPSA) is 52.0 Å². The number of pyridine rings is 2. The highest BCUT2D eigenvalue weighted by Gasteiger charge is 2.14. The molecule has 0 aliphatic carbocycles. The number of carbonyl (C=O) groups is 1. The summed E-state index contributed by atoms with van der Waals surface area (Å²) < 4.78 is 1.85. The first-order valence-corrected chi connectivity index (χ1v) is 8.77. The van der Waals surface area contributed by atoms with Crippen LogP contribution in [0.15, 0.2) is 83.9 Å². The van der Waals surface area contributed by atoms with Crippen LogP contribution in [-0.2, 0) is 6.54 Å². The van der Waals surface area contributed by atoms with Gasteiger partial charge in [0.2, 0.25) is 5.78 Å². The van der Waals surface area contributed by atoms with Crippen LogP contribution in [0.3, 0.4) is 0 Å². The summed E-state index contributed by atoms with van der Waals surface area (Å²) in [5.74, 6) is -0.0962. The van der Waals surface area contributed by atoms with E-state index in [9.17, 15) is 9.59 Å². The standard InChI is InChI=1S/C23H18N2O2/c1-16-10-11-18-21(13-16)25(15-22(26)20-9-5-6-12-24-20)14-19(23(18)27)17-7-3-2-4-8-17/h2-14H,15H2,1H3. The van der Waals surface area contributed by atoms with Gasteiger partial charge in [0.05, 0.1) is 12.1 Å². The van der Waals surface area contributed by atoms with Gasteiger partial charge in [-0.3, -0.25) is 14.6 Å². The van der Waals surface area contributed by atoms with Crippen molar-refractivity contribution in [2.24, 2.45) is 0 Å². The van der Waals surface area contributed by atoms with Crippen LogP contribution in [0.25, 0.3) is 22.0 Å². The number of benzene rings is 2. The molecule has 2 heterocycles. The molecule has 0 atom stereocenters. The summed E-state index contributed by atoms with van der Waals surface area (Å²) in [6, 6.07) is 20.5. The largest absolute Gasteiger partial charge is 0.339 e. The van der Waals surface area contributed by atoms with Crippen molar-refractivity contribution in [2.75, 3.05) is 0 Å². The van der Waals surface area contributed by atoms with Gasteiger partial charge in [0, 0.05) is 23.3 Å². The molecular weight excluding hydrogens is 336 g/mol. The van der Waals surface area contributed by atoms with Gasteiger partial charge in [-0.05, 0) is 42.3 Å². The minimum absolute atomic E-state index is 0.0299. The zero-order valence-electron chi connectivity index (χ0n) is 14.9. The molecule has 27 heavy (non-hydrogen) atoms. The zero-order chi connectivity index (χ0) is 18.8. The number of hydrogen-bond donors (Lipinski definition) is 0. The van der Waals surface area contributed by atoms with Crippen LogP contribution in [0.5, 0.6) is 0 Å². The molecule has 0 aliphatic heterocycles. The molecule has 0 N–H and O–H groups in total. The molecule has 4 nitrogen and oxygen atoms in total. The fourth-order valence-electron chi connectivity index (χ4n) is 3.22. The highest BCUT2D eigenvalue weighted by Crippen LogP contribution is 2.21. The smallest absolute Gasteiger partial charge is 0.200 e. The Morgan fingerprint density at radius 1 is 1.00 bits per heavy atom. The molecule has 0 saturated heterocycles. The summed E-state index contributed by atoms with van der Waals surface area (Å²) in [5.41, 5.74) is 3.60. The molecule has 0 aliphatic rings. The van der Waals surface area contributed by atoms with E-state index in [1.54, 1.807) is 30.6 Å². The van der Waals surface area contributed by atoms with E-state index in [4.69, 9.17) is 0 Å². The molecule has 2 aromatic carbocycles. The fraction of sp³-hybridized carbons (Fsp3) is 0.0870. The van der Waals surface area contributed by atoms with Crippen LogP contribution < -0.4 is 5.43 Å². The summed E-state index contributed by atoms with van der Waals surface area (Å²) in [4.78, 5) is 29.9. The van der Waals surface area contributed by atoms with E-state index in [0.29, 0.717) is 16.6 Å². The third-order valence-corrected chi connectivity index (χ3v) is 4.59. The van der Waals surface area contributed by atoms with E-state index in [1.807, 2.05) is 60.0 Å². The molecule has 4 aromatic rings. The summed E-state index contributed by atoms with van der Waals surface area (Å²) >= 11 is 0. The fourth-order valence-corrected chi connectivity index (χ4v) is 3.22. The molecule has 0 unspecified atom stereocenters. The van der Waals surface area contributed by atoms with Crippen molar-refractivity contribution < 1.29 is 4.79 Å². The van der Waals surface area contributed by atoms with Crippen molar-refractivity contribution in [3.63, 3.8) is 0 Å². The van der Waals surface area contributed by atoms with Crippen LogP contribution in [0, 0.1) is 6.92 Å². The predicted octanol–water partition coefficient (Wildman–Crippen LogP) is 4.25. The SMILES string of the molecule is Cc1ccc2c(=O)c(-c3ccccc3)cn(CC(=O)c3ccccn3)c2c1. The number of hydrogen-bond acceptors (Lipinski definition) is 3. The lowest BCUT2D eigenvalue weighted by Crippen LogP contribution is -2.17. The lowest BCUT2D eigenvalue weighted by atomic mass is 10.0. The summed E-state index contributed by atoms with van der Waals surface area (Å²) in [6.45, 7) is 2.09. The highest BCUT2D eigenvalue weighted by molar-refractivity contribution is 5.95. The maximum absolute atomic E-state index is 13.0. The second-order valence-electron chi connectivity index (χ2n) is 6.52. The summed E-state index contributed by atoms with van der Waals surface area (Å²) in [6.07, 6.45) is 3.39. The first-order valence-electron chi connectivity index (χ1n) is 8.77. The molecule has 2 aromatic heterocycles. The lowest BCUT2D eigenvalue weighted by Gasteiger charge is -2.14. The van der Waals surface area contributed by atoms with E-state index in [1.165, 1.54) is 0 Å². The van der Waals surface area contributed by atoms with Crippen LogP contribution >= 0.6 is 0 Å². The third-order valence-electron chi connectivity index (χ3n) is 4.59. The number of carbonyl (C=O) groups excluding carboxylic acids is 1. The number of Topliss-reactive ketones (excluding diaryl/α,β-unsaturated/α-hetero) is 1. The molecule has 0 bridgehead atoms. The minimum atomic E-state index is -0.0962. The highest BCUT2D eigenvalue weighted by atomic mass is 16.1. The average molecular weight is 354 g/mol. The molecule has 132 valence electrons. The molecule has 0 amide bonds. The third kappa shape index (κ3) is 3.29. The average Bonchev–Trinajstić information content (AvgIpc) is 2.71. The Balaban J connectivity index is 1.90. The Kier molecular flexibility index (Phi) is 4.38. The number of fused-ring (bicyclic) bond motifs is 1. The van der Waals surface area contributed by atoms with Gasteiger partial charge in [-0.2, -0.15) is 0 Å². The summed E-state index contributed by atoms with van der Waals surface area (Å²) in [5, 5.41) is 0.607. The molecular formula is C23H18N2O2.